The van der Waals surface area contributed by atoms with Crippen molar-refractivity contribution in [2.24, 2.45) is 0 Å². The van der Waals surface area contributed by atoms with Crippen LogP contribution in [0.25, 0.3) is 0 Å². The number of rotatable bonds is 2. The fraction of sp³-hybridized carbons (Fsp3) is 0.250. The third kappa shape index (κ3) is 2.54. The van der Waals surface area contributed by atoms with Crippen LogP contribution >= 0.6 is 0 Å². The smallest absolute Gasteiger partial charge is 0.273 e. The van der Waals surface area contributed by atoms with Gasteiger partial charge in [-0.3, -0.25) is 10.1 Å². The van der Waals surface area contributed by atoms with E-state index in [0.29, 0.717) is 5.69 Å². The zero-order chi connectivity index (χ0) is 15.0. The third-order valence-electron chi connectivity index (χ3n) is 3.80. The maximum atomic E-state index is 11.0. The lowest BCUT2D eigenvalue weighted by Crippen LogP contribution is -2.24. The quantitative estimate of drug-likeness (QED) is 0.519. The SMILES string of the molecule is Cc1ccc2c(c1)CCCN2c1cc(N)cc([N+](=O)[O-])c1. The van der Waals surface area contributed by atoms with Gasteiger partial charge in [0.25, 0.3) is 5.69 Å². The second kappa shape index (κ2) is 5.09. The molecule has 3 rings (SSSR count). The van der Waals surface area contributed by atoms with Crippen LogP contribution in [0.1, 0.15) is 17.5 Å². The summed E-state index contributed by atoms with van der Waals surface area (Å²) in [4.78, 5) is 12.7. The summed E-state index contributed by atoms with van der Waals surface area (Å²) < 4.78 is 0. The highest BCUT2D eigenvalue weighted by Crippen LogP contribution is 2.36. The molecule has 0 atom stereocenters. The van der Waals surface area contributed by atoms with Crippen molar-refractivity contribution >= 4 is 22.7 Å². The van der Waals surface area contributed by atoms with Crippen LogP contribution in [0, 0.1) is 17.0 Å². The Labute approximate surface area is 123 Å². The number of non-ortho nitro benzene ring substituents is 1. The molecule has 0 aliphatic carbocycles. The lowest BCUT2D eigenvalue weighted by atomic mass is 9.99. The monoisotopic (exact) mass is 283 g/mol. The van der Waals surface area contributed by atoms with E-state index >= 15 is 0 Å². The molecule has 2 aromatic carbocycles. The molecular formula is C16H17N3O2. The van der Waals surface area contributed by atoms with Crippen LogP contribution < -0.4 is 10.6 Å². The standard InChI is InChI=1S/C16H17N3O2/c1-11-4-5-16-12(7-11)3-2-6-18(16)14-8-13(17)9-15(10-14)19(20)21/h4-5,7-10H,2-3,6,17H2,1H3. The van der Waals surface area contributed by atoms with Gasteiger partial charge in [0.05, 0.1) is 4.92 Å². The van der Waals surface area contributed by atoms with Gasteiger partial charge in [-0.05, 0) is 37.5 Å². The lowest BCUT2D eigenvalue weighted by Gasteiger charge is -2.31. The average Bonchev–Trinajstić information content (AvgIpc) is 2.45. The molecule has 0 radical (unpaired) electrons. The number of nitro benzene ring substituents is 1. The minimum Gasteiger partial charge on any atom is -0.398 e. The highest BCUT2D eigenvalue weighted by Gasteiger charge is 2.20. The van der Waals surface area contributed by atoms with Crippen LogP contribution in [0.3, 0.4) is 0 Å². The number of nitro groups is 1. The van der Waals surface area contributed by atoms with Crippen molar-refractivity contribution in [1.29, 1.82) is 0 Å². The first-order valence-corrected chi connectivity index (χ1v) is 6.96. The molecule has 21 heavy (non-hydrogen) atoms. The zero-order valence-electron chi connectivity index (χ0n) is 11.9. The van der Waals surface area contributed by atoms with E-state index in [1.165, 1.54) is 17.2 Å². The lowest BCUT2D eigenvalue weighted by molar-refractivity contribution is -0.384. The van der Waals surface area contributed by atoms with Crippen molar-refractivity contribution in [2.75, 3.05) is 17.2 Å². The highest BCUT2D eigenvalue weighted by molar-refractivity contribution is 5.73. The van der Waals surface area contributed by atoms with Gasteiger partial charge < -0.3 is 10.6 Å². The number of hydrogen-bond acceptors (Lipinski definition) is 4. The van der Waals surface area contributed by atoms with Crippen LogP contribution in [0.5, 0.6) is 0 Å². The van der Waals surface area contributed by atoms with E-state index in [1.54, 1.807) is 12.1 Å². The largest absolute Gasteiger partial charge is 0.398 e. The number of anilines is 3. The molecule has 0 aromatic heterocycles. The summed E-state index contributed by atoms with van der Waals surface area (Å²) >= 11 is 0. The van der Waals surface area contributed by atoms with Gasteiger partial charge in [-0.1, -0.05) is 17.7 Å². The first-order chi connectivity index (χ1) is 10.0. The molecule has 5 heteroatoms. The molecule has 0 spiro atoms. The fourth-order valence-electron chi connectivity index (χ4n) is 2.87. The molecule has 2 aromatic rings. The van der Waals surface area contributed by atoms with Gasteiger partial charge in [0.2, 0.25) is 0 Å². The summed E-state index contributed by atoms with van der Waals surface area (Å²) in [7, 11) is 0. The van der Waals surface area contributed by atoms with Crippen molar-refractivity contribution in [3.05, 3.63) is 57.6 Å². The molecule has 0 unspecified atom stereocenters. The van der Waals surface area contributed by atoms with E-state index in [4.69, 9.17) is 5.73 Å². The van der Waals surface area contributed by atoms with E-state index in [1.807, 2.05) is 0 Å². The molecule has 0 saturated carbocycles. The molecular weight excluding hydrogens is 266 g/mol. The average molecular weight is 283 g/mol. The Morgan fingerprint density at radius 2 is 2.05 bits per heavy atom. The van der Waals surface area contributed by atoms with Crippen molar-refractivity contribution in [2.45, 2.75) is 19.8 Å². The van der Waals surface area contributed by atoms with Crippen molar-refractivity contribution in [3.63, 3.8) is 0 Å². The summed E-state index contributed by atoms with van der Waals surface area (Å²) in [5.74, 6) is 0. The van der Waals surface area contributed by atoms with E-state index in [0.717, 1.165) is 30.8 Å². The van der Waals surface area contributed by atoms with Crippen LogP contribution in [0.2, 0.25) is 0 Å². The minimum atomic E-state index is -0.403. The molecule has 1 heterocycles. The number of fused-ring (bicyclic) bond motifs is 1. The summed E-state index contributed by atoms with van der Waals surface area (Å²) in [6.45, 7) is 2.92. The molecule has 108 valence electrons. The Morgan fingerprint density at radius 3 is 2.81 bits per heavy atom. The predicted molar refractivity (Wildman–Crippen MR) is 84.0 cm³/mol. The first kappa shape index (κ1) is 13.4. The van der Waals surface area contributed by atoms with Crippen molar-refractivity contribution in [1.82, 2.24) is 0 Å². The van der Waals surface area contributed by atoms with Crippen molar-refractivity contribution in [3.8, 4) is 0 Å². The van der Waals surface area contributed by atoms with Gasteiger partial charge in [-0.2, -0.15) is 0 Å². The van der Waals surface area contributed by atoms with Gasteiger partial charge in [-0.15, -0.1) is 0 Å². The summed E-state index contributed by atoms with van der Waals surface area (Å²) in [5.41, 5.74) is 10.7. The van der Waals surface area contributed by atoms with Gasteiger partial charge in [0.15, 0.2) is 0 Å². The summed E-state index contributed by atoms with van der Waals surface area (Å²) in [6, 6.07) is 11.1. The van der Waals surface area contributed by atoms with E-state index in [2.05, 4.69) is 30.0 Å². The molecule has 0 bridgehead atoms. The number of nitrogens with two attached hydrogens (primary N) is 1. The second-order valence-corrected chi connectivity index (χ2v) is 5.43. The molecule has 1 aliphatic heterocycles. The number of benzene rings is 2. The highest BCUT2D eigenvalue weighted by atomic mass is 16.6. The van der Waals surface area contributed by atoms with Crippen molar-refractivity contribution < 1.29 is 4.92 Å². The van der Waals surface area contributed by atoms with Gasteiger partial charge >= 0.3 is 0 Å². The third-order valence-corrected chi connectivity index (χ3v) is 3.80. The Kier molecular flexibility index (Phi) is 3.25. The van der Waals surface area contributed by atoms with E-state index < -0.39 is 4.92 Å². The Hall–Kier alpha value is -2.56. The van der Waals surface area contributed by atoms with Crippen LogP contribution in [-0.2, 0) is 6.42 Å². The van der Waals surface area contributed by atoms with Gasteiger partial charge in [0.1, 0.15) is 0 Å². The number of aryl methyl sites for hydroxylation is 2. The maximum absolute atomic E-state index is 11.0. The summed E-state index contributed by atoms with van der Waals surface area (Å²) in [6.07, 6.45) is 2.07. The fourth-order valence-corrected chi connectivity index (χ4v) is 2.87. The van der Waals surface area contributed by atoms with Gasteiger partial charge in [-0.25, -0.2) is 0 Å². The molecule has 5 nitrogen and oxygen atoms in total. The van der Waals surface area contributed by atoms with Crippen LogP contribution in [-0.4, -0.2) is 11.5 Å². The number of nitrogen functional groups attached to an aromatic ring is 1. The molecule has 2 N–H and O–H groups in total. The zero-order valence-corrected chi connectivity index (χ0v) is 11.9. The van der Waals surface area contributed by atoms with E-state index in [9.17, 15) is 10.1 Å². The molecule has 1 aliphatic rings. The first-order valence-electron chi connectivity index (χ1n) is 6.96. The molecule has 0 amide bonds. The van der Waals surface area contributed by atoms with Crippen LogP contribution in [0.15, 0.2) is 36.4 Å². The summed E-state index contributed by atoms with van der Waals surface area (Å²) in [5, 5.41) is 11.0. The minimum absolute atomic E-state index is 0.0317. The predicted octanol–water partition coefficient (Wildman–Crippen LogP) is 3.57. The number of nitrogens with zero attached hydrogens (tertiary/aromatic N) is 2. The molecule has 0 saturated heterocycles. The molecule has 0 fully saturated rings. The maximum Gasteiger partial charge on any atom is 0.273 e. The normalized spacial score (nSPS) is 13.9. The Morgan fingerprint density at radius 1 is 1.24 bits per heavy atom. The van der Waals surface area contributed by atoms with Crippen LogP contribution in [0.4, 0.5) is 22.7 Å². The number of hydrogen-bond donors (Lipinski definition) is 1. The van der Waals surface area contributed by atoms with E-state index in [-0.39, 0.29) is 5.69 Å². The second-order valence-electron chi connectivity index (χ2n) is 5.43. The Bertz CT molecular complexity index is 713. The Balaban J connectivity index is 2.08. The topological polar surface area (TPSA) is 72.4 Å². The van der Waals surface area contributed by atoms with Gasteiger partial charge in [0, 0.05) is 35.7 Å².